The monoisotopic (exact) mass is 328 g/mol. The van der Waals surface area contributed by atoms with Gasteiger partial charge in [-0.25, -0.2) is 0 Å². The molecule has 0 aliphatic heterocycles. The predicted molar refractivity (Wildman–Crippen MR) is 85.8 cm³/mol. The van der Waals surface area contributed by atoms with E-state index in [4.69, 9.17) is 0 Å². The zero-order valence-corrected chi connectivity index (χ0v) is 13.7. The molecule has 108 valence electrons. The van der Waals surface area contributed by atoms with Crippen LogP contribution in [0.5, 0.6) is 0 Å². The maximum absolute atomic E-state index is 9.26. The first-order valence-electron chi connectivity index (χ1n) is 7.02. The first-order chi connectivity index (χ1) is 9.13. The molecular weight excluding hydrogens is 304 g/mol. The van der Waals surface area contributed by atoms with Gasteiger partial charge in [0.05, 0.1) is 6.61 Å². The van der Waals surface area contributed by atoms with Crippen LogP contribution in [0.25, 0.3) is 0 Å². The molecule has 1 atom stereocenters. The van der Waals surface area contributed by atoms with Gasteiger partial charge >= 0.3 is 0 Å². The van der Waals surface area contributed by atoms with E-state index in [9.17, 15) is 5.11 Å². The van der Waals surface area contributed by atoms with E-state index in [1.807, 2.05) is 0 Å². The van der Waals surface area contributed by atoms with Gasteiger partial charge in [-0.05, 0) is 37.6 Å². The number of anilines is 1. The molecule has 4 heteroatoms. The molecule has 0 saturated carbocycles. The van der Waals surface area contributed by atoms with Gasteiger partial charge in [0, 0.05) is 29.3 Å². The fourth-order valence-corrected chi connectivity index (χ4v) is 2.67. The lowest BCUT2D eigenvalue weighted by Gasteiger charge is -2.28. The Morgan fingerprint density at radius 3 is 2.63 bits per heavy atom. The average molecular weight is 329 g/mol. The van der Waals surface area contributed by atoms with Gasteiger partial charge in [0.25, 0.3) is 0 Å². The molecule has 0 heterocycles. The van der Waals surface area contributed by atoms with Gasteiger partial charge in [-0.15, -0.1) is 0 Å². The fourth-order valence-electron chi connectivity index (χ4n) is 2.32. The van der Waals surface area contributed by atoms with Crippen LogP contribution in [0.15, 0.2) is 22.7 Å². The van der Waals surface area contributed by atoms with Crippen molar-refractivity contribution in [3.05, 3.63) is 28.2 Å². The molecule has 1 rings (SSSR count). The molecule has 0 spiro atoms. The molecule has 19 heavy (non-hydrogen) atoms. The Bertz CT molecular complexity index is 378. The molecule has 1 aromatic rings. The minimum absolute atomic E-state index is 0.182. The molecule has 0 bridgehead atoms. The van der Waals surface area contributed by atoms with Crippen molar-refractivity contribution in [3.8, 4) is 0 Å². The van der Waals surface area contributed by atoms with Gasteiger partial charge in [0.15, 0.2) is 0 Å². The van der Waals surface area contributed by atoms with Crippen molar-refractivity contribution in [3.63, 3.8) is 0 Å². The van der Waals surface area contributed by atoms with E-state index in [2.05, 4.69) is 65.1 Å². The van der Waals surface area contributed by atoms with Crippen molar-refractivity contribution in [1.29, 1.82) is 0 Å². The van der Waals surface area contributed by atoms with Crippen LogP contribution < -0.4 is 10.2 Å². The minimum atomic E-state index is 0.182. The van der Waals surface area contributed by atoms with E-state index in [1.165, 1.54) is 11.3 Å². The van der Waals surface area contributed by atoms with Crippen LogP contribution >= 0.6 is 15.9 Å². The topological polar surface area (TPSA) is 35.5 Å². The summed E-state index contributed by atoms with van der Waals surface area (Å²) in [6.07, 6.45) is 1.07. The summed E-state index contributed by atoms with van der Waals surface area (Å²) in [5, 5.41) is 12.7. The molecule has 3 nitrogen and oxygen atoms in total. The first-order valence-corrected chi connectivity index (χ1v) is 7.81. The van der Waals surface area contributed by atoms with Gasteiger partial charge in [0.1, 0.15) is 0 Å². The molecular formula is C15H25BrN2O. The van der Waals surface area contributed by atoms with E-state index < -0.39 is 0 Å². The van der Waals surface area contributed by atoms with E-state index in [0.717, 1.165) is 24.0 Å². The summed E-state index contributed by atoms with van der Waals surface area (Å²) in [6.45, 7) is 9.23. The molecule has 0 amide bonds. The third-order valence-corrected chi connectivity index (χ3v) is 3.67. The Morgan fingerprint density at radius 2 is 2.05 bits per heavy atom. The Labute approximate surface area is 125 Å². The minimum Gasteiger partial charge on any atom is -0.395 e. The van der Waals surface area contributed by atoms with Gasteiger partial charge in [-0.2, -0.15) is 0 Å². The number of nitrogens with one attached hydrogen (secondary N) is 1. The van der Waals surface area contributed by atoms with Crippen LogP contribution in [0.1, 0.15) is 38.8 Å². The molecule has 0 saturated heterocycles. The van der Waals surface area contributed by atoms with Gasteiger partial charge in [-0.3, -0.25) is 0 Å². The Kier molecular flexibility index (Phi) is 7.42. The van der Waals surface area contributed by atoms with Gasteiger partial charge < -0.3 is 15.3 Å². The van der Waals surface area contributed by atoms with Crippen LogP contribution in [0.4, 0.5) is 5.69 Å². The summed E-state index contributed by atoms with van der Waals surface area (Å²) < 4.78 is 1.08. The van der Waals surface area contributed by atoms with E-state index in [0.29, 0.717) is 12.6 Å². The fraction of sp³-hybridized carbons (Fsp3) is 0.600. The highest BCUT2D eigenvalue weighted by molar-refractivity contribution is 9.10. The summed E-state index contributed by atoms with van der Waals surface area (Å²) in [5.41, 5.74) is 2.49. The van der Waals surface area contributed by atoms with E-state index in [-0.39, 0.29) is 6.61 Å². The van der Waals surface area contributed by atoms with Gasteiger partial charge in [0.2, 0.25) is 0 Å². The number of nitrogens with zero attached hydrogens (tertiary/aromatic N) is 1. The molecule has 1 aromatic carbocycles. The Hall–Kier alpha value is -0.580. The molecule has 1 unspecified atom stereocenters. The summed E-state index contributed by atoms with van der Waals surface area (Å²) >= 11 is 3.55. The van der Waals surface area contributed by atoms with Crippen molar-refractivity contribution < 1.29 is 5.11 Å². The quantitative estimate of drug-likeness (QED) is 0.768. The highest BCUT2D eigenvalue weighted by Gasteiger charge is 2.15. The number of hydrogen-bond acceptors (Lipinski definition) is 3. The number of hydrogen-bond donors (Lipinski definition) is 2. The van der Waals surface area contributed by atoms with Crippen molar-refractivity contribution >= 4 is 21.6 Å². The third kappa shape index (κ3) is 4.79. The maximum Gasteiger partial charge on any atom is 0.0606 e. The first kappa shape index (κ1) is 16.5. The van der Waals surface area contributed by atoms with Crippen molar-refractivity contribution in [2.75, 3.05) is 31.1 Å². The van der Waals surface area contributed by atoms with Crippen molar-refractivity contribution in [2.24, 2.45) is 0 Å². The molecule has 0 aliphatic carbocycles. The summed E-state index contributed by atoms with van der Waals surface area (Å²) in [5.74, 6) is 0. The number of aliphatic hydroxyl groups excluding tert-OH is 1. The molecule has 0 fully saturated rings. The van der Waals surface area contributed by atoms with Crippen LogP contribution in [0.3, 0.4) is 0 Å². The second-order valence-electron chi connectivity index (χ2n) is 4.69. The molecule has 2 N–H and O–H groups in total. The SMILES string of the molecule is CCCN(CCO)c1cc(Br)ccc1C(C)NCC. The smallest absolute Gasteiger partial charge is 0.0606 e. The normalized spacial score (nSPS) is 12.5. The summed E-state index contributed by atoms with van der Waals surface area (Å²) in [7, 11) is 0. The Balaban J connectivity index is 3.09. The van der Waals surface area contributed by atoms with Gasteiger partial charge in [-0.1, -0.05) is 35.8 Å². The number of aliphatic hydroxyl groups is 1. The third-order valence-electron chi connectivity index (χ3n) is 3.17. The highest BCUT2D eigenvalue weighted by atomic mass is 79.9. The molecule has 0 aromatic heterocycles. The zero-order valence-electron chi connectivity index (χ0n) is 12.1. The van der Waals surface area contributed by atoms with Crippen LogP contribution in [0, 0.1) is 0 Å². The lowest BCUT2D eigenvalue weighted by Crippen LogP contribution is -2.30. The second kappa shape index (κ2) is 8.56. The summed E-state index contributed by atoms with van der Waals surface area (Å²) in [4.78, 5) is 2.26. The van der Waals surface area contributed by atoms with Crippen molar-refractivity contribution in [1.82, 2.24) is 5.32 Å². The van der Waals surface area contributed by atoms with E-state index in [1.54, 1.807) is 0 Å². The average Bonchev–Trinajstić information content (AvgIpc) is 2.38. The Morgan fingerprint density at radius 1 is 1.32 bits per heavy atom. The molecule has 0 radical (unpaired) electrons. The molecule has 0 aliphatic rings. The number of rotatable bonds is 8. The second-order valence-corrected chi connectivity index (χ2v) is 5.61. The zero-order chi connectivity index (χ0) is 14.3. The number of halogens is 1. The largest absolute Gasteiger partial charge is 0.395 e. The maximum atomic E-state index is 9.26. The summed E-state index contributed by atoms with van der Waals surface area (Å²) in [6, 6.07) is 6.70. The van der Waals surface area contributed by atoms with E-state index >= 15 is 0 Å². The van der Waals surface area contributed by atoms with Crippen molar-refractivity contribution in [2.45, 2.75) is 33.2 Å². The lowest BCUT2D eigenvalue weighted by molar-refractivity contribution is 0.301. The number of benzene rings is 1. The van der Waals surface area contributed by atoms with Crippen LogP contribution in [-0.4, -0.2) is 31.3 Å². The van der Waals surface area contributed by atoms with Crippen LogP contribution in [-0.2, 0) is 0 Å². The lowest BCUT2D eigenvalue weighted by atomic mass is 10.0. The highest BCUT2D eigenvalue weighted by Crippen LogP contribution is 2.29. The predicted octanol–water partition coefficient (Wildman–Crippen LogP) is 3.33. The van der Waals surface area contributed by atoms with Crippen LogP contribution in [0.2, 0.25) is 0 Å². The standard InChI is InChI=1S/C15H25BrN2O/c1-4-8-18(9-10-19)15-11-13(16)6-7-14(15)12(3)17-5-2/h6-7,11-12,17,19H,4-5,8-10H2,1-3H3.